The van der Waals surface area contributed by atoms with Gasteiger partial charge in [0, 0.05) is 6.54 Å². The number of amides is 1. The lowest BCUT2D eigenvalue weighted by Crippen LogP contribution is -2.25. The van der Waals surface area contributed by atoms with Crippen molar-refractivity contribution in [2.45, 2.75) is 19.8 Å². The molecule has 0 unspecified atom stereocenters. The fourth-order valence-electron chi connectivity index (χ4n) is 2.29. The Morgan fingerprint density at radius 2 is 1.95 bits per heavy atom. The lowest BCUT2D eigenvalue weighted by molar-refractivity contribution is 0.0950. The van der Waals surface area contributed by atoms with Gasteiger partial charge < -0.3 is 10.1 Å². The molecule has 0 heterocycles. The molecule has 3 heteroatoms. The predicted octanol–water partition coefficient (Wildman–Crippen LogP) is 3.37. The number of aryl methyl sites for hydroxylation is 2. The number of nitrogens with one attached hydrogen (secondary N) is 1. The summed E-state index contributed by atoms with van der Waals surface area (Å²) < 4.78 is 5.19. The summed E-state index contributed by atoms with van der Waals surface area (Å²) in [5, 5.41) is 2.94. The van der Waals surface area contributed by atoms with Crippen molar-refractivity contribution in [3.8, 4) is 5.75 Å². The Labute approximate surface area is 126 Å². The Balaban J connectivity index is 1.82. The molecule has 0 spiro atoms. The summed E-state index contributed by atoms with van der Waals surface area (Å²) >= 11 is 0. The first kappa shape index (κ1) is 15.1. The number of rotatable bonds is 6. The minimum atomic E-state index is -0.0864. The third-order valence-corrected chi connectivity index (χ3v) is 3.36. The van der Waals surface area contributed by atoms with Gasteiger partial charge >= 0.3 is 0 Å². The quantitative estimate of drug-likeness (QED) is 0.825. The maximum absolute atomic E-state index is 12.1. The van der Waals surface area contributed by atoms with Gasteiger partial charge in [-0.3, -0.25) is 4.79 Å². The van der Waals surface area contributed by atoms with E-state index in [1.54, 1.807) is 19.2 Å². The number of carbonyl (C=O) groups excluding carboxylic acids is 1. The maximum Gasteiger partial charge on any atom is 0.255 e. The molecule has 1 N–H and O–H groups in total. The van der Waals surface area contributed by atoms with Crippen LogP contribution < -0.4 is 10.1 Å². The summed E-state index contributed by atoms with van der Waals surface area (Å²) in [6.45, 7) is 2.75. The molecule has 0 aromatic heterocycles. The molecule has 0 aliphatic heterocycles. The van der Waals surface area contributed by atoms with Gasteiger partial charge in [0.25, 0.3) is 5.91 Å². The summed E-state index contributed by atoms with van der Waals surface area (Å²) in [7, 11) is 1.57. The van der Waals surface area contributed by atoms with Gasteiger partial charge in [-0.15, -0.1) is 0 Å². The van der Waals surface area contributed by atoms with Crippen LogP contribution in [0.1, 0.15) is 27.9 Å². The van der Waals surface area contributed by atoms with E-state index < -0.39 is 0 Å². The Bertz CT molecular complexity index is 608. The lowest BCUT2D eigenvalue weighted by Gasteiger charge is -2.09. The van der Waals surface area contributed by atoms with Crippen LogP contribution in [-0.2, 0) is 6.42 Å². The molecule has 0 fully saturated rings. The summed E-state index contributed by atoms with van der Waals surface area (Å²) in [5.41, 5.74) is 3.16. The molecule has 0 saturated heterocycles. The number of ether oxygens (including phenoxy) is 1. The number of hydrogen-bond donors (Lipinski definition) is 1. The van der Waals surface area contributed by atoms with Gasteiger partial charge in [-0.1, -0.05) is 42.0 Å². The van der Waals surface area contributed by atoms with Crippen LogP contribution in [-0.4, -0.2) is 19.6 Å². The van der Waals surface area contributed by atoms with E-state index in [1.807, 2.05) is 12.1 Å². The van der Waals surface area contributed by atoms with Crippen LogP contribution in [0.4, 0.5) is 0 Å². The molecule has 0 bridgehead atoms. The van der Waals surface area contributed by atoms with Gasteiger partial charge in [0.15, 0.2) is 0 Å². The van der Waals surface area contributed by atoms with Crippen LogP contribution in [0.2, 0.25) is 0 Å². The molecular formula is C18H21NO2. The lowest BCUT2D eigenvalue weighted by atomic mass is 10.1. The van der Waals surface area contributed by atoms with Gasteiger partial charge in [0.2, 0.25) is 0 Å². The summed E-state index contributed by atoms with van der Waals surface area (Å²) in [4.78, 5) is 12.1. The molecule has 2 aromatic carbocycles. The van der Waals surface area contributed by atoms with Crippen molar-refractivity contribution in [3.05, 3.63) is 65.2 Å². The average Bonchev–Trinajstić information content (AvgIpc) is 2.51. The first-order valence-corrected chi connectivity index (χ1v) is 7.17. The van der Waals surface area contributed by atoms with Crippen molar-refractivity contribution in [2.24, 2.45) is 0 Å². The van der Waals surface area contributed by atoms with E-state index >= 15 is 0 Å². The highest BCUT2D eigenvalue weighted by molar-refractivity contribution is 5.96. The van der Waals surface area contributed by atoms with Gasteiger partial charge in [-0.25, -0.2) is 0 Å². The fourth-order valence-corrected chi connectivity index (χ4v) is 2.29. The fraction of sp³-hybridized carbons (Fsp3) is 0.278. The second-order valence-corrected chi connectivity index (χ2v) is 5.05. The molecule has 2 aromatic rings. The van der Waals surface area contributed by atoms with Crippen LogP contribution >= 0.6 is 0 Å². The summed E-state index contributed by atoms with van der Waals surface area (Å²) in [6, 6.07) is 15.7. The van der Waals surface area contributed by atoms with Crippen LogP contribution in [0.5, 0.6) is 5.75 Å². The monoisotopic (exact) mass is 283 g/mol. The van der Waals surface area contributed by atoms with Crippen molar-refractivity contribution in [1.82, 2.24) is 5.32 Å². The van der Waals surface area contributed by atoms with E-state index in [2.05, 4.69) is 36.5 Å². The van der Waals surface area contributed by atoms with E-state index in [0.29, 0.717) is 17.9 Å². The first-order valence-electron chi connectivity index (χ1n) is 7.17. The van der Waals surface area contributed by atoms with Crippen LogP contribution in [0.15, 0.2) is 48.5 Å². The molecule has 0 atom stereocenters. The molecule has 3 nitrogen and oxygen atoms in total. The highest BCUT2D eigenvalue weighted by Gasteiger charge is 2.10. The van der Waals surface area contributed by atoms with Crippen molar-refractivity contribution < 1.29 is 9.53 Å². The molecule has 1 amide bonds. The molecule has 0 saturated carbocycles. The van der Waals surface area contributed by atoms with Crippen LogP contribution in [0.25, 0.3) is 0 Å². The highest BCUT2D eigenvalue weighted by atomic mass is 16.5. The second kappa shape index (κ2) is 7.48. The molecule has 0 aliphatic rings. The zero-order chi connectivity index (χ0) is 15.1. The Morgan fingerprint density at radius 1 is 1.14 bits per heavy atom. The van der Waals surface area contributed by atoms with E-state index in [9.17, 15) is 4.79 Å². The van der Waals surface area contributed by atoms with Crippen molar-refractivity contribution in [3.63, 3.8) is 0 Å². The van der Waals surface area contributed by atoms with Gasteiger partial charge in [-0.05, 0) is 37.5 Å². The average molecular weight is 283 g/mol. The SMILES string of the molecule is COc1ccccc1C(=O)NCCCc1cccc(C)c1. The molecule has 2 rings (SSSR count). The number of methoxy groups -OCH3 is 1. The third-order valence-electron chi connectivity index (χ3n) is 3.36. The summed E-state index contributed by atoms with van der Waals surface area (Å²) in [6.07, 6.45) is 1.89. The maximum atomic E-state index is 12.1. The van der Waals surface area contributed by atoms with Gasteiger partial charge in [0.1, 0.15) is 5.75 Å². The van der Waals surface area contributed by atoms with Crippen molar-refractivity contribution >= 4 is 5.91 Å². The van der Waals surface area contributed by atoms with Crippen LogP contribution in [0, 0.1) is 6.92 Å². The molecule has 21 heavy (non-hydrogen) atoms. The zero-order valence-electron chi connectivity index (χ0n) is 12.6. The highest BCUT2D eigenvalue weighted by Crippen LogP contribution is 2.16. The normalized spacial score (nSPS) is 10.2. The van der Waals surface area contributed by atoms with Crippen molar-refractivity contribution in [2.75, 3.05) is 13.7 Å². The van der Waals surface area contributed by atoms with E-state index in [-0.39, 0.29) is 5.91 Å². The van der Waals surface area contributed by atoms with E-state index in [4.69, 9.17) is 4.74 Å². The second-order valence-electron chi connectivity index (χ2n) is 5.05. The topological polar surface area (TPSA) is 38.3 Å². The molecule has 0 aliphatic carbocycles. The number of para-hydroxylation sites is 1. The summed E-state index contributed by atoms with van der Waals surface area (Å²) in [5.74, 6) is 0.519. The first-order chi connectivity index (χ1) is 10.2. The largest absolute Gasteiger partial charge is 0.496 e. The van der Waals surface area contributed by atoms with Gasteiger partial charge in [0.05, 0.1) is 12.7 Å². The minimum absolute atomic E-state index is 0.0864. The van der Waals surface area contributed by atoms with E-state index in [1.165, 1.54) is 11.1 Å². The molecular weight excluding hydrogens is 262 g/mol. The predicted molar refractivity (Wildman–Crippen MR) is 84.8 cm³/mol. The van der Waals surface area contributed by atoms with Gasteiger partial charge in [-0.2, -0.15) is 0 Å². The number of hydrogen-bond acceptors (Lipinski definition) is 2. The Kier molecular flexibility index (Phi) is 5.38. The third kappa shape index (κ3) is 4.35. The number of carbonyl (C=O) groups is 1. The minimum Gasteiger partial charge on any atom is -0.496 e. The smallest absolute Gasteiger partial charge is 0.255 e. The van der Waals surface area contributed by atoms with Crippen molar-refractivity contribution in [1.29, 1.82) is 0 Å². The standard InChI is InChI=1S/C18H21NO2/c1-14-7-5-8-15(13-14)9-6-12-19-18(20)16-10-3-4-11-17(16)21-2/h3-5,7-8,10-11,13H,6,9,12H2,1-2H3,(H,19,20). The zero-order valence-corrected chi connectivity index (χ0v) is 12.6. The molecule has 0 radical (unpaired) electrons. The molecule has 110 valence electrons. The van der Waals surface area contributed by atoms with Crippen LogP contribution in [0.3, 0.4) is 0 Å². The Morgan fingerprint density at radius 3 is 2.71 bits per heavy atom. The van der Waals surface area contributed by atoms with E-state index in [0.717, 1.165) is 12.8 Å². The number of benzene rings is 2. The Hall–Kier alpha value is -2.29.